The van der Waals surface area contributed by atoms with Gasteiger partial charge >= 0.3 is 6.03 Å². The number of nitrogens with one attached hydrogen (secondary N) is 2. The van der Waals surface area contributed by atoms with Crippen molar-refractivity contribution in [2.24, 2.45) is 5.92 Å². The molecule has 5 nitrogen and oxygen atoms in total. The van der Waals surface area contributed by atoms with E-state index in [0.29, 0.717) is 17.8 Å². The van der Waals surface area contributed by atoms with Gasteiger partial charge in [0.2, 0.25) is 0 Å². The average Bonchev–Trinajstić information content (AvgIpc) is 2.67. The summed E-state index contributed by atoms with van der Waals surface area (Å²) in [5.41, 5.74) is 3.48. The van der Waals surface area contributed by atoms with E-state index in [1.54, 1.807) is 24.3 Å². The highest BCUT2D eigenvalue weighted by Crippen LogP contribution is 2.23. The van der Waals surface area contributed by atoms with E-state index in [1.807, 2.05) is 0 Å². The predicted molar refractivity (Wildman–Crippen MR) is 109 cm³/mol. The van der Waals surface area contributed by atoms with Crippen molar-refractivity contribution in [3.8, 4) is 0 Å². The smallest absolute Gasteiger partial charge is 0.319 e. The maximum absolute atomic E-state index is 12.1. The van der Waals surface area contributed by atoms with Crippen LogP contribution in [0.25, 0.3) is 0 Å². The number of anilines is 2. The largest absolute Gasteiger partial charge is 0.371 e. The molecule has 0 bridgehead atoms. The van der Waals surface area contributed by atoms with Crippen molar-refractivity contribution in [1.82, 2.24) is 5.32 Å². The van der Waals surface area contributed by atoms with Crippen molar-refractivity contribution in [2.45, 2.75) is 33.2 Å². The van der Waals surface area contributed by atoms with Gasteiger partial charge in [-0.1, -0.05) is 31.2 Å². The van der Waals surface area contributed by atoms with Crippen LogP contribution in [0.1, 0.15) is 42.6 Å². The van der Waals surface area contributed by atoms with E-state index in [4.69, 9.17) is 0 Å². The van der Waals surface area contributed by atoms with Gasteiger partial charge in [0, 0.05) is 36.6 Å². The third-order valence-electron chi connectivity index (χ3n) is 4.94. The molecule has 2 amide bonds. The molecule has 0 aromatic heterocycles. The Bertz CT molecular complexity index is 801. The van der Waals surface area contributed by atoms with Gasteiger partial charge in [-0.3, -0.25) is 4.79 Å². The van der Waals surface area contributed by atoms with Crippen LogP contribution in [0, 0.1) is 5.92 Å². The summed E-state index contributed by atoms with van der Waals surface area (Å²) in [6.45, 7) is 6.49. The van der Waals surface area contributed by atoms with Crippen LogP contribution in [0.3, 0.4) is 0 Å². The third-order valence-corrected chi connectivity index (χ3v) is 4.94. The summed E-state index contributed by atoms with van der Waals surface area (Å²) in [7, 11) is 0. The van der Waals surface area contributed by atoms with Crippen LogP contribution in [0.2, 0.25) is 0 Å². The highest BCUT2D eigenvalue weighted by atomic mass is 16.2. The number of piperidine rings is 1. The molecular weight excluding hydrogens is 338 g/mol. The maximum atomic E-state index is 12.1. The minimum Gasteiger partial charge on any atom is -0.371 e. The van der Waals surface area contributed by atoms with E-state index in [9.17, 15) is 9.59 Å². The zero-order chi connectivity index (χ0) is 19.2. The molecule has 142 valence electrons. The number of carbonyl (C=O) groups is 2. The topological polar surface area (TPSA) is 61.4 Å². The Morgan fingerprint density at radius 2 is 1.93 bits per heavy atom. The predicted octanol–water partition coefficient (Wildman–Crippen LogP) is 4.45. The Labute approximate surface area is 160 Å². The Morgan fingerprint density at radius 1 is 1.15 bits per heavy atom. The molecule has 5 heteroatoms. The summed E-state index contributed by atoms with van der Waals surface area (Å²) >= 11 is 0. The third kappa shape index (κ3) is 5.33. The van der Waals surface area contributed by atoms with Gasteiger partial charge in [0.15, 0.2) is 5.78 Å². The zero-order valence-corrected chi connectivity index (χ0v) is 16.0. The fourth-order valence-corrected chi connectivity index (χ4v) is 3.42. The molecule has 0 radical (unpaired) electrons. The minimum absolute atomic E-state index is 0.0257. The lowest BCUT2D eigenvalue weighted by molar-refractivity contribution is 0.101. The first-order chi connectivity index (χ1) is 13.0. The van der Waals surface area contributed by atoms with E-state index in [2.05, 4.69) is 46.7 Å². The fourth-order valence-electron chi connectivity index (χ4n) is 3.42. The molecule has 1 heterocycles. The van der Waals surface area contributed by atoms with Crippen LogP contribution in [0.4, 0.5) is 16.2 Å². The van der Waals surface area contributed by atoms with Crippen LogP contribution < -0.4 is 15.5 Å². The van der Waals surface area contributed by atoms with Crippen molar-refractivity contribution in [1.29, 1.82) is 0 Å². The van der Waals surface area contributed by atoms with E-state index in [0.717, 1.165) is 24.6 Å². The number of nitrogens with zero attached hydrogens (tertiary/aromatic N) is 1. The first-order valence-corrected chi connectivity index (χ1v) is 9.51. The summed E-state index contributed by atoms with van der Waals surface area (Å²) in [4.78, 5) is 26.0. The van der Waals surface area contributed by atoms with Crippen molar-refractivity contribution >= 4 is 23.2 Å². The number of hydrogen-bond acceptors (Lipinski definition) is 3. The summed E-state index contributed by atoms with van der Waals surface area (Å²) in [6, 6.07) is 15.0. The van der Waals surface area contributed by atoms with Gasteiger partial charge < -0.3 is 15.5 Å². The van der Waals surface area contributed by atoms with Gasteiger partial charge in [-0.2, -0.15) is 0 Å². The lowest BCUT2D eigenvalue weighted by Gasteiger charge is -2.32. The number of benzene rings is 2. The molecule has 3 rings (SSSR count). The molecule has 1 aliphatic rings. The summed E-state index contributed by atoms with van der Waals surface area (Å²) in [6.07, 6.45) is 2.55. The molecule has 2 aromatic carbocycles. The molecule has 1 atom stereocenters. The van der Waals surface area contributed by atoms with Crippen LogP contribution in [0.15, 0.2) is 48.5 Å². The van der Waals surface area contributed by atoms with Gasteiger partial charge in [0.05, 0.1) is 0 Å². The van der Waals surface area contributed by atoms with Gasteiger partial charge in [0.25, 0.3) is 0 Å². The lowest BCUT2D eigenvalue weighted by Crippen LogP contribution is -2.34. The standard InChI is InChI=1S/C22H27N3O2/c1-16-5-4-12-25(15-16)21-10-8-18(9-11-21)14-23-22(27)24-20-7-3-6-19(13-20)17(2)26/h3,6-11,13,16H,4-5,12,14-15H2,1-2H3,(H2,23,24,27)/t16-/m1/s1. The quantitative estimate of drug-likeness (QED) is 0.770. The number of carbonyl (C=O) groups excluding carboxylic acids is 2. The van der Waals surface area contributed by atoms with Gasteiger partial charge in [-0.15, -0.1) is 0 Å². The molecule has 0 saturated carbocycles. The van der Waals surface area contributed by atoms with Gasteiger partial charge in [-0.05, 0) is 55.5 Å². The van der Waals surface area contributed by atoms with Gasteiger partial charge in [-0.25, -0.2) is 4.79 Å². The normalized spacial score (nSPS) is 16.7. The van der Waals surface area contributed by atoms with E-state index in [-0.39, 0.29) is 11.8 Å². The monoisotopic (exact) mass is 365 g/mol. The molecule has 1 fully saturated rings. The Balaban J connectivity index is 1.51. The first-order valence-electron chi connectivity index (χ1n) is 9.51. The van der Waals surface area contributed by atoms with Crippen molar-refractivity contribution in [3.63, 3.8) is 0 Å². The van der Waals surface area contributed by atoms with Crippen molar-refractivity contribution < 1.29 is 9.59 Å². The molecule has 0 spiro atoms. The molecule has 27 heavy (non-hydrogen) atoms. The van der Waals surface area contributed by atoms with E-state index >= 15 is 0 Å². The molecule has 2 aromatic rings. The molecule has 2 N–H and O–H groups in total. The van der Waals surface area contributed by atoms with Crippen LogP contribution in [-0.2, 0) is 6.54 Å². The number of ketones is 1. The highest BCUT2D eigenvalue weighted by Gasteiger charge is 2.16. The number of urea groups is 1. The van der Waals surface area contributed by atoms with Crippen LogP contribution >= 0.6 is 0 Å². The van der Waals surface area contributed by atoms with Crippen molar-refractivity contribution in [3.05, 3.63) is 59.7 Å². The van der Waals surface area contributed by atoms with Crippen LogP contribution in [-0.4, -0.2) is 24.9 Å². The maximum Gasteiger partial charge on any atom is 0.319 e. The number of rotatable bonds is 5. The Kier molecular flexibility index (Phi) is 6.12. The molecule has 1 saturated heterocycles. The summed E-state index contributed by atoms with van der Waals surface area (Å²) in [5, 5.41) is 5.62. The fraction of sp³-hybridized carbons (Fsp3) is 0.364. The Hall–Kier alpha value is -2.82. The number of hydrogen-bond donors (Lipinski definition) is 2. The molecule has 0 aliphatic carbocycles. The SMILES string of the molecule is CC(=O)c1cccc(NC(=O)NCc2ccc(N3CCC[C@@H](C)C3)cc2)c1. The first kappa shape index (κ1) is 19.0. The summed E-state index contributed by atoms with van der Waals surface area (Å²) in [5.74, 6) is 0.715. The molecule has 0 unspecified atom stereocenters. The second-order valence-corrected chi connectivity index (χ2v) is 7.30. The Morgan fingerprint density at radius 3 is 2.63 bits per heavy atom. The van der Waals surface area contributed by atoms with Crippen LogP contribution in [0.5, 0.6) is 0 Å². The second kappa shape index (κ2) is 8.71. The highest BCUT2D eigenvalue weighted by molar-refractivity contribution is 5.96. The molecular formula is C22H27N3O2. The van der Waals surface area contributed by atoms with E-state index in [1.165, 1.54) is 25.5 Å². The second-order valence-electron chi connectivity index (χ2n) is 7.30. The zero-order valence-electron chi connectivity index (χ0n) is 16.0. The summed E-state index contributed by atoms with van der Waals surface area (Å²) < 4.78 is 0. The van der Waals surface area contributed by atoms with E-state index < -0.39 is 0 Å². The lowest BCUT2D eigenvalue weighted by atomic mass is 9.99. The number of amides is 2. The molecule has 1 aliphatic heterocycles. The average molecular weight is 365 g/mol. The number of Topliss-reactive ketones (excluding diaryl/α,β-unsaturated/α-hetero) is 1. The minimum atomic E-state index is -0.287. The van der Waals surface area contributed by atoms with Crippen molar-refractivity contribution in [2.75, 3.05) is 23.3 Å². The van der Waals surface area contributed by atoms with Gasteiger partial charge in [0.1, 0.15) is 0 Å².